The van der Waals surface area contributed by atoms with Gasteiger partial charge >= 0.3 is 0 Å². The monoisotopic (exact) mass is 286 g/mol. The highest BCUT2D eigenvalue weighted by molar-refractivity contribution is 7.92. The minimum atomic E-state index is -3.27. The molecule has 106 valence electrons. The molecule has 0 radical (unpaired) electrons. The largest absolute Gasteiger partial charge is 0.396 e. The van der Waals surface area contributed by atoms with Crippen LogP contribution in [-0.4, -0.2) is 41.7 Å². The first-order chi connectivity index (χ1) is 8.99. The van der Waals surface area contributed by atoms with Crippen LogP contribution in [0.2, 0.25) is 0 Å². The quantitative estimate of drug-likeness (QED) is 0.779. The molecule has 1 atom stereocenters. The molecule has 1 aliphatic heterocycles. The first-order valence-electron chi connectivity index (χ1n) is 6.26. The van der Waals surface area contributed by atoms with Crippen LogP contribution in [0.3, 0.4) is 0 Å². The Morgan fingerprint density at radius 2 is 2.32 bits per heavy atom. The highest BCUT2D eigenvalue weighted by Gasteiger charge is 2.34. The van der Waals surface area contributed by atoms with E-state index in [0.29, 0.717) is 31.6 Å². The fourth-order valence-electron chi connectivity index (χ4n) is 2.16. The van der Waals surface area contributed by atoms with E-state index in [4.69, 9.17) is 5.73 Å². The summed E-state index contributed by atoms with van der Waals surface area (Å²) in [7, 11) is -3.27. The molecule has 0 aliphatic carbocycles. The lowest BCUT2D eigenvalue weighted by Crippen LogP contribution is -2.43. The standard InChI is InChI=1S/C11H18N4O3S/c12-9-7-14-15(8-9)5-4-13-11(16)10-3-1-2-6-19(10,17)18/h7-8,10H,1-6,12H2,(H,13,16). The Labute approximate surface area is 112 Å². The van der Waals surface area contributed by atoms with Crippen molar-refractivity contribution in [3.8, 4) is 0 Å². The van der Waals surface area contributed by atoms with E-state index in [2.05, 4.69) is 10.4 Å². The predicted molar refractivity (Wildman–Crippen MR) is 71.1 cm³/mol. The highest BCUT2D eigenvalue weighted by atomic mass is 32.2. The van der Waals surface area contributed by atoms with Crippen molar-refractivity contribution in [1.82, 2.24) is 15.1 Å². The lowest BCUT2D eigenvalue weighted by atomic mass is 10.2. The van der Waals surface area contributed by atoms with Gasteiger partial charge in [0.05, 0.1) is 24.2 Å². The maximum atomic E-state index is 11.9. The summed E-state index contributed by atoms with van der Waals surface area (Å²) in [5.74, 6) is -0.291. The average molecular weight is 286 g/mol. The van der Waals surface area contributed by atoms with Crippen LogP contribution in [0, 0.1) is 0 Å². The molecule has 8 heteroatoms. The molecule has 1 aromatic heterocycles. The Bertz CT molecular complexity index is 552. The summed E-state index contributed by atoms with van der Waals surface area (Å²) >= 11 is 0. The van der Waals surface area contributed by atoms with Crippen molar-refractivity contribution in [2.24, 2.45) is 0 Å². The lowest BCUT2D eigenvalue weighted by Gasteiger charge is -2.21. The number of anilines is 1. The number of nitrogens with one attached hydrogen (secondary N) is 1. The third-order valence-corrected chi connectivity index (χ3v) is 5.34. The third kappa shape index (κ3) is 3.46. The van der Waals surface area contributed by atoms with Crippen LogP contribution in [0.25, 0.3) is 0 Å². The Morgan fingerprint density at radius 1 is 1.53 bits per heavy atom. The van der Waals surface area contributed by atoms with Gasteiger partial charge in [0, 0.05) is 12.7 Å². The Balaban J connectivity index is 1.84. The summed E-state index contributed by atoms with van der Waals surface area (Å²) in [6.45, 7) is 0.807. The SMILES string of the molecule is Nc1cnn(CCNC(=O)C2CCCCS2(=O)=O)c1. The Kier molecular flexibility index (Phi) is 4.08. The summed E-state index contributed by atoms with van der Waals surface area (Å²) in [4.78, 5) is 11.9. The molecule has 1 unspecified atom stereocenters. The van der Waals surface area contributed by atoms with E-state index in [1.165, 1.54) is 6.20 Å². The smallest absolute Gasteiger partial charge is 0.238 e. The number of nitrogen functional groups attached to an aromatic ring is 1. The molecule has 1 aromatic rings. The lowest BCUT2D eigenvalue weighted by molar-refractivity contribution is -0.120. The van der Waals surface area contributed by atoms with E-state index in [1.54, 1.807) is 10.9 Å². The number of aromatic nitrogens is 2. The van der Waals surface area contributed by atoms with Crippen molar-refractivity contribution in [2.45, 2.75) is 31.1 Å². The molecule has 1 amide bonds. The summed E-state index contributed by atoms with van der Waals surface area (Å²) < 4.78 is 25.1. The molecule has 7 nitrogen and oxygen atoms in total. The normalized spacial score (nSPS) is 22.0. The maximum absolute atomic E-state index is 11.9. The summed E-state index contributed by atoms with van der Waals surface area (Å²) in [5, 5.41) is 5.74. The zero-order chi connectivity index (χ0) is 13.9. The molecule has 19 heavy (non-hydrogen) atoms. The average Bonchev–Trinajstić information content (AvgIpc) is 2.74. The predicted octanol–water partition coefficient (Wildman–Crippen LogP) is -0.451. The topological polar surface area (TPSA) is 107 Å². The van der Waals surface area contributed by atoms with E-state index in [1.807, 2.05) is 0 Å². The zero-order valence-electron chi connectivity index (χ0n) is 10.6. The fourth-order valence-corrected chi connectivity index (χ4v) is 3.98. The van der Waals surface area contributed by atoms with E-state index < -0.39 is 21.0 Å². The van der Waals surface area contributed by atoms with Gasteiger partial charge in [-0.05, 0) is 12.8 Å². The first kappa shape index (κ1) is 13.9. The van der Waals surface area contributed by atoms with Crippen molar-refractivity contribution >= 4 is 21.4 Å². The minimum absolute atomic E-state index is 0.112. The molecule has 2 heterocycles. The van der Waals surface area contributed by atoms with Gasteiger partial charge in [0.1, 0.15) is 5.25 Å². The molecule has 2 rings (SSSR count). The number of nitrogens with zero attached hydrogens (tertiary/aromatic N) is 2. The second kappa shape index (κ2) is 5.60. The number of sulfone groups is 1. The van der Waals surface area contributed by atoms with Gasteiger partial charge in [-0.3, -0.25) is 9.48 Å². The number of hydrogen-bond acceptors (Lipinski definition) is 5. The molecule has 1 saturated heterocycles. The number of carbonyl (C=O) groups is 1. The maximum Gasteiger partial charge on any atom is 0.238 e. The van der Waals surface area contributed by atoms with Gasteiger partial charge in [0.25, 0.3) is 0 Å². The van der Waals surface area contributed by atoms with Crippen molar-refractivity contribution in [1.29, 1.82) is 0 Å². The second-order valence-electron chi connectivity index (χ2n) is 4.68. The molecule has 0 saturated carbocycles. The van der Waals surface area contributed by atoms with Crippen LogP contribution in [0.4, 0.5) is 5.69 Å². The molecule has 0 bridgehead atoms. The Morgan fingerprint density at radius 3 is 2.95 bits per heavy atom. The summed E-state index contributed by atoms with van der Waals surface area (Å²) in [5.41, 5.74) is 6.07. The van der Waals surface area contributed by atoms with Gasteiger partial charge in [-0.1, -0.05) is 6.42 Å². The summed E-state index contributed by atoms with van der Waals surface area (Å²) in [6.07, 6.45) is 5.03. The number of amides is 1. The van der Waals surface area contributed by atoms with Gasteiger partial charge in [-0.15, -0.1) is 0 Å². The van der Waals surface area contributed by atoms with Crippen LogP contribution < -0.4 is 11.1 Å². The molecular formula is C11H18N4O3S. The second-order valence-corrected chi connectivity index (χ2v) is 6.98. The van der Waals surface area contributed by atoms with Crippen LogP contribution in [-0.2, 0) is 21.2 Å². The number of rotatable bonds is 4. The van der Waals surface area contributed by atoms with Crippen LogP contribution in [0.15, 0.2) is 12.4 Å². The van der Waals surface area contributed by atoms with Gasteiger partial charge in [-0.2, -0.15) is 5.10 Å². The van der Waals surface area contributed by atoms with Gasteiger partial charge < -0.3 is 11.1 Å². The molecule has 0 spiro atoms. The molecule has 0 aromatic carbocycles. The summed E-state index contributed by atoms with van der Waals surface area (Å²) in [6, 6.07) is 0. The van der Waals surface area contributed by atoms with Gasteiger partial charge in [-0.25, -0.2) is 8.42 Å². The van der Waals surface area contributed by atoms with Crippen molar-refractivity contribution in [2.75, 3.05) is 18.0 Å². The molecule has 1 aliphatic rings. The van der Waals surface area contributed by atoms with E-state index in [9.17, 15) is 13.2 Å². The highest BCUT2D eigenvalue weighted by Crippen LogP contribution is 2.19. The van der Waals surface area contributed by atoms with E-state index >= 15 is 0 Å². The first-order valence-corrected chi connectivity index (χ1v) is 7.98. The molecular weight excluding hydrogens is 268 g/mol. The van der Waals surface area contributed by atoms with Gasteiger partial charge in [0.2, 0.25) is 5.91 Å². The van der Waals surface area contributed by atoms with Crippen molar-refractivity contribution < 1.29 is 13.2 Å². The number of carbonyl (C=O) groups excluding carboxylic acids is 1. The van der Waals surface area contributed by atoms with E-state index in [-0.39, 0.29) is 5.75 Å². The third-order valence-electron chi connectivity index (χ3n) is 3.16. The number of nitrogens with two attached hydrogens (primary N) is 1. The molecule has 1 fully saturated rings. The van der Waals surface area contributed by atoms with Gasteiger partial charge in [0.15, 0.2) is 9.84 Å². The van der Waals surface area contributed by atoms with Crippen molar-refractivity contribution in [3.63, 3.8) is 0 Å². The number of hydrogen-bond donors (Lipinski definition) is 2. The van der Waals surface area contributed by atoms with Crippen LogP contribution in [0.5, 0.6) is 0 Å². The van der Waals surface area contributed by atoms with Crippen LogP contribution >= 0.6 is 0 Å². The molecule has 3 N–H and O–H groups in total. The Hall–Kier alpha value is -1.57. The van der Waals surface area contributed by atoms with Crippen molar-refractivity contribution in [3.05, 3.63) is 12.4 Å². The minimum Gasteiger partial charge on any atom is -0.396 e. The zero-order valence-corrected chi connectivity index (χ0v) is 11.4. The fraction of sp³-hybridized carbons (Fsp3) is 0.636. The van der Waals surface area contributed by atoms with Crippen LogP contribution in [0.1, 0.15) is 19.3 Å². The van der Waals surface area contributed by atoms with E-state index in [0.717, 1.165) is 6.42 Å².